The highest BCUT2D eigenvalue weighted by Crippen LogP contribution is 2.14. The summed E-state index contributed by atoms with van der Waals surface area (Å²) in [6, 6.07) is 8.22. The van der Waals surface area contributed by atoms with Crippen LogP contribution >= 0.6 is 12.2 Å². The highest BCUT2D eigenvalue weighted by atomic mass is 32.1. The van der Waals surface area contributed by atoms with E-state index in [2.05, 4.69) is 15.7 Å². The first kappa shape index (κ1) is 12.5. The molecule has 94 valence electrons. The molecule has 1 aromatic carbocycles. The minimum atomic E-state index is -0.345. The van der Waals surface area contributed by atoms with Gasteiger partial charge in [0.2, 0.25) is 0 Å². The molecule has 0 saturated carbocycles. The summed E-state index contributed by atoms with van der Waals surface area (Å²) in [5, 5.41) is 10.3. The third-order valence-electron chi connectivity index (χ3n) is 2.37. The van der Waals surface area contributed by atoms with Gasteiger partial charge in [-0.25, -0.2) is 4.39 Å². The first-order valence-corrected chi connectivity index (χ1v) is 5.80. The third-order valence-corrected chi connectivity index (χ3v) is 2.57. The van der Waals surface area contributed by atoms with E-state index in [9.17, 15) is 4.39 Å². The van der Waals surface area contributed by atoms with Crippen LogP contribution in [0.4, 0.5) is 15.9 Å². The largest absolute Gasteiger partial charge is 0.330 e. The van der Waals surface area contributed by atoms with Crippen molar-refractivity contribution in [3.05, 3.63) is 41.8 Å². The predicted octanol–water partition coefficient (Wildman–Crippen LogP) is 2.68. The predicted molar refractivity (Wildman–Crippen MR) is 74.2 cm³/mol. The molecule has 0 aliphatic heterocycles. The van der Waals surface area contributed by atoms with Crippen LogP contribution in [0.25, 0.3) is 0 Å². The van der Waals surface area contributed by atoms with E-state index in [0.717, 1.165) is 11.5 Å². The second kappa shape index (κ2) is 5.14. The highest BCUT2D eigenvalue weighted by molar-refractivity contribution is 7.80. The number of aromatic nitrogens is 2. The van der Waals surface area contributed by atoms with Crippen LogP contribution < -0.4 is 10.6 Å². The van der Waals surface area contributed by atoms with Crippen LogP contribution in [-0.4, -0.2) is 14.9 Å². The zero-order valence-electron chi connectivity index (χ0n) is 10.1. The average Bonchev–Trinajstić information content (AvgIpc) is 2.61. The van der Waals surface area contributed by atoms with Gasteiger partial charge in [0.1, 0.15) is 11.6 Å². The van der Waals surface area contributed by atoms with Gasteiger partial charge in [-0.05, 0) is 31.3 Å². The van der Waals surface area contributed by atoms with E-state index in [1.54, 1.807) is 29.9 Å². The monoisotopic (exact) mass is 264 g/mol. The molecule has 0 unspecified atom stereocenters. The lowest BCUT2D eigenvalue weighted by Crippen LogP contribution is -2.21. The van der Waals surface area contributed by atoms with E-state index < -0.39 is 0 Å². The van der Waals surface area contributed by atoms with Gasteiger partial charge in [0.25, 0.3) is 0 Å². The van der Waals surface area contributed by atoms with Crippen molar-refractivity contribution in [2.75, 3.05) is 10.6 Å². The molecule has 6 heteroatoms. The van der Waals surface area contributed by atoms with E-state index in [-0.39, 0.29) is 5.82 Å². The Kier molecular flexibility index (Phi) is 3.57. The summed E-state index contributed by atoms with van der Waals surface area (Å²) in [5.41, 5.74) is 1.22. The van der Waals surface area contributed by atoms with Gasteiger partial charge in [-0.3, -0.25) is 4.68 Å². The summed E-state index contributed by atoms with van der Waals surface area (Å²) in [7, 11) is 1.81. The van der Waals surface area contributed by atoms with Gasteiger partial charge in [0, 0.05) is 13.1 Å². The Balaban J connectivity index is 2.06. The van der Waals surface area contributed by atoms with Gasteiger partial charge < -0.3 is 10.6 Å². The Morgan fingerprint density at radius 2 is 2.06 bits per heavy atom. The molecule has 1 aromatic heterocycles. The Morgan fingerprint density at radius 3 is 2.67 bits per heavy atom. The quantitative estimate of drug-likeness (QED) is 0.818. The van der Waals surface area contributed by atoms with Gasteiger partial charge in [-0.2, -0.15) is 5.10 Å². The summed E-state index contributed by atoms with van der Waals surface area (Å²) in [5.74, 6) is 0.407. The maximum absolute atomic E-state index is 13.4. The summed E-state index contributed by atoms with van der Waals surface area (Å²) in [6.07, 6.45) is 0. The van der Waals surface area contributed by atoms with Crippen LogP contribution in [0.5, 0.6) is 0 Å². The average molecular weight is 264 g/mol. The smallest absolute Gasteiger partial charge is 0.176 e. The van der Waals surface area contributed by atoms with Crippen LogP contribution in [0, 0.1) is 12.7 Å². The van der Waals surface area contributed by atoms with Crippen LogP contribution in [0.1, 0.15) is 5.69 Å². The fourth-order valence-corrected chi connectivity index (χ4v) is 1.77. The van der Waals surface area contributed by atoms with Crippen molar-refractivity contribution in [2.24, 2.45) is 7.05 Å². The van der Waals surface area contributed by atoms with Gasteiger partial charge in [-0.15, -0.1) is 0 Å². The molecule has 1 heterocycles. The topological polar surface area (TPSA) is 41.9 Å². The molecule has 0 atom stereocenters. The van der Waals surface area contributed by atoms with Gasteiger partial charge >= 0.3 is 0 Å². The maximum atomic E-state index is 13.4. The molecule has 0 bridgehead atoms. The van der Waals surface area contributed by atoms with Crippen molar-refractivity contribution in [2.45, 2.75) is 6.92 Å². The molecule has 0 fully saturated rings. The molecule has 2 N–H and O–H groups in total. The summed E-state index contributed by atoms with van der Waals surface area (Å²) in [4.78, 5) is 0. The zero-order valence-corrected chi connectivity index (χ0v) is 10.9. The number of thiocarbonyl (C=S) groups is 1. The van der Waals surface area contributed by atoms with Crippen molar-refractivity contribution in [3.8, 4) is 0 Å². The van der Waals surface area contributed by atoms with Crippen LogP contribution in [0.3, 0.4) is 0 Å². The summed E-state index contributed by atoms with van der Waals surface area (Å²) >= 11 is 5.12. The van der Waals surface area contributed by atoms with E-state index in [1.807, 2.05) is 13.0 Å². The number of halogens is 1. The Bertz CT molecular complexity index is 579. The minimum Gasteiger partial charge on any atom is -0.330 e. The SMILES string of the molecule is Cc1cc(NC(=S)Nc2ccccc2F)n(C)n1. The molecule has 2 rings (SSSR count). The molecule has 0 aliphatic carbocycles. The van der Waals surface area contributed by atoms with E-state index in [1.165, 1.54) is 6.07 Å². The van der Waals surface area contributed by atoms with Crippen molar-refractivity contribution < 1.29 is 4.39 Å². The molecule has 0 spiro atoms. The van der Waals surface area contributed by atoms with Crippen molar-refractivity contribution in [1.29, 1.82) is 0 Å². The fraction of sp³-hybridized carbons (Fsp3) is 0.167. The van der Waals surface area contributed by atoms with Gasteiger partial charge in [-0.1, -0.05) is 12.1 Å². The third kappa shape index (κ3) is 2.84. The Labute approximate surface area is 110 Å². The van der Waals surface area contributed by atoms with Gasteiger partial charge in [0.15, 0.2) is 5.11 Å². The molecule has 0 radical (unpaired) electrons. The molecule has 4 nitrogen and oxygen atoms in total. The van der Waals surface area contributed by atoms with Crippen molar-refractivity contribution >= 4 is 28.8 Å². The molecule has 2 aromatic rings. The zero-order chi connectivity index (χ0) is 13.1. The number of benzene rings is 1. The fourth-order valence-electron chi connectivity index (χ4n) is 1.56. The van der Waals surface area contributed by atoms with E-state index in [0.29, 0.717) is 10.8 Å². The summed E-state index contributed by atoms with van der Waals surface area (Å²) in [6.45, 7) is 1.89. The summed E-state index contributed by atoms with van der Waals surface area (Å²) < 4.78 is 15.1. The number of aryl methyl sites for hydroxylation is 2. The maximum Gasteiger partial charge on any atom is 0.176 e. The second-order valence-electron chi connectivity index (χ2n) is 3.85. The lowest BCUT2D eigenvalue weighted by molar-refractivity contribution is 0.632. The van der Waals surface area contributed by atoms with E-state index >= 15 is 0 Å². The van der Waals surface area contributed by atoms with E-state index in [4.69, 9.17) is 12.2 Å². The number of nitrogens with one attached hydrogen (secondary N) is 2. The van der Waals surface area contributed by atoms with Crippen LogP contribution in [0.2, 0.25) is 0 Å². The normalized spacial score (nSPS) is 10.2. The van der Waals surface area contributed by atoms with Gasteiger partial charge in [0.05, 0.1) is 11.4 Å². The molecular weight excluding hydrogens is 251 g/mol. The molecular formula is C12H13FN4S. The Morgan fingerprint density at radius 1 is 1.33 bits per heavy atom. The number of nitrogens with zero attached hydrogens (tertiary/aromatic N) is 2. The number of hydrogen-bond acceptors (Lipinski definition) is 2. The standard InChI is InChI=1S/C12H13FN4S/c1-8-7-11(17(2)16-8)15-12(18)14-10-6-4-3-5-9(10)13/h3-7H,1-2H3,(H2,14,15,18). The van der Waals surface area contributed by atoms with Crippen LogP contribution in [-0.2, 0) is 7.05 Å². The van der Waals surface area contributed by atoms with Crippen LogP contribution in [0.15, 0.2) is 30.3 Å². The molecule has 0 saturated heterocycles. The molecule has 0 amide bonds. The lowest BCUT2D eigenvalue weighted by atomic mass is 10.3. The number of hydrogen-bond donors (Lipinski definition) is 2. The lowest BCUT2D eigenvalue weighted by Gasteiger charge is -2.10. The van der Waals surface area contributed by atoms with Crippen molar-refractivity contribution in [1.82, 2.24) is 9.78 Å². The molecule has 18 heavy (non-hydrogen) atoms. The number of para-hydroxylation sites is 1. The highest BCUT2D eigenvalue weighted by Gasteiger charge is 2.06. The first-order valence-electron chi connectivity index (χ1n) is 5.39. The second-order valence-corrected chi connectivity index (χ2v) is 4.26. The van der Waals surface area contributed by atoms with Crippen molar-refractivity contribution in [3.63, 3.8) is 0 Å². The first-order chi connectivity index (χ1) is 8.56. The Hall–Kier alpha value is -1.95. The minimum absolute atomic E-state index is 0.322. The number of rotatable bonds is 2. The number of anilines is 2. The molecule has 0 aliphatic rings.